The number of nitrogens with one attached hydrogen (secondary N) is 2. The molecule has 0 radical (unpaired) electrons. The van der Waals surface area contributed by atoms with Crippen molar-refractivity contribution >= 4 is 37.8 Å². The summed E-state index contributed by atoms with van der Waals surface area (Å²) in [6.45, 7) is 2.98. The van der Waals surface area contributed by atoms with E-state index in [1.807, 2.05) is 0 Å². The van der Waals surface area contributed by atoms with E-state index in [2.05, 4.69) is 10.6 Å². The molecule has 1 aromatic rings. The number of sulfone groups is 1. The summed E-state index contributed by atoms with van der Waals surface area (Å²) in [4.78, 5) is 12.2. The second-order valence-electron chi connectivity index (χ2n) is 4.96. The molecule has 112 valence electrons. The molecule has 0 aliphatic heterocycles. The van der Waals surface area contributed by atoms with Gasteiger partial charge in [0.2, 0.25) is 0 Å². The molecule has 0 aromatic carbocycles. The monoisotopic (exact) mass is 317 g/mol. The fraction of sp³-hybridized carbons (Fsp3) is 0.583. The van der Waals surface area contributed by atoms with Crippen LogP contribution in [0, 0.1) is 5.92 Å². The molecule has 20 heavy (non-hydrogen) atoms. The maximum Gasteiger partial charge on any atom is 0.263 e. The van der Waals surface area contributed by atoms with E-state index in [4.69, 9.17) is 5.73 Å². The fourth-order valence-electron chi connectivity index (χ4n) is 1.88. The molecule has 6 nitrogen and oxygen atoms in total. The minimum atomic E-state index is -3.48. The normalized spacial score (nSPS) is 15.1. The first-order chi connectivity index (χ1) is 9.34. The predicted molar refractivity (Wildman–Crippen MR) is 81.1 cm³/mol. The molecule has 1 amide bonds. The summed E-state index contributed by atoms with van der Waals surface area (Å²) in [5.41, 5.74) is 5.92. The van der Waals surface area contributed by atoms with Crippen molar-refractivity contribution in [2.45, 2.75) is 24.7 Å². The van der Waals surface area contributed by atoms with Gasteiger partial charge in [0.05, 0.1) is 5.69 Å². The highest BCUT2D eigenvalue weighted by atomic mass is 32.2. The third kappa shape index (κ3) is 3.24. The van der Waals surface area contributed by atoms with Crippen molar-refractivity contribution in [2.75, 3.05) is 30.4 Å². The van der Waals surface area contributed by atoms with Crippen molar-refractivity contribution < 1.29 is 13.2 Å². The fourth-order valence-corrected chi connectivity index (χ4v) is 4.38. The zero-order valence-corrected chi connectivity index (χ0v) is 13.2. The molecule has 1 heterocycles. The first-order valence-corrected chi connectivity index (χ1v) is 9.19. The second kappa shape index (κ2) is 5.61. The Kier molecular flexibility index (Phi) is 4.24. The van der Waals surface area contributed by atoms with Gasteiger partial charge < -0.3 is 16.4 Å². The van der Waals surface area contributed by atoms with Gasteiger partial charge in [-0.25, -0.2) is 8.42 Å². The number of rotatable bonds is 6. The van der Waals surface area contributed by atoms with Gasteiger partial charge in [0, 0.05) is 19.3 Å². The number of amides is 1. The van der Waals surface area contributed by atoms with E-state index in [9.17, 15) is 13.2 Å². The minimum absolute atomic E-state index is 0.0433. The minimum Gasteiger partial charge on any atom is -0.396 e. The molecule has 1 saturated carbocycles. The maximum absolute atomic E-state index is 11.9. The Morgan fingerprint density at radius 3 is 2.60 bits per heavy atom. The Labute approximate surface area is 122 Å². The third-order valence-corrected chi connectivity index (χ3v) is 5.52. The lowest BCUT2D eigenvalue weighted by molar-refractivity contribution is 0.0960. The lowest BCUT2D eigenvalue weighted by Crippen LogP contribution is -2.22. The molecule has 0 saturated heterocycles. The molecule has 1 fully saturated rings. The summed E-state index contributed by atoms with van der Waals surface area (Å²) in [7, 11) is -3.48. The van der Waals surface area contributed by atoms with Crippen molar-refractivity contribution in [3.05, 3.63) is 4.88 Å². The largest absolute Gasteiger partial charge is 0.396 e. The van der Waals surface area contributed by atoms with Crippen LogP contribution in [0.5, 0.6) is 0 Å². The Balaban J connectivity index is 2.37. The quantitative estimate of drug-likeness (QED) is 0.734. The highest BCUT2D eigenvalue weighted by Gasteiger charge is 2.28. The Morgan fingerprint density at radius 2 is 2.10 bits per heavy atom. The zero-order valence-electron chi connectivity index (χ0n) is 11.5. The number of carbonyl (C=O) groups excluding carboxylic acids is 1. The van der Waals surface area contributed by atoms with E-state index in [0.29, 0.717) is 17.5 Å². The van der Waals surface area contributed by atoms with Crippen molar-refractivity contribution in [1.82, 2.24) is 5.32 Å². The van der Waals surface area contributed by atoms with Gasteiger partial charge >= 0.3 is 0 Å². The number of nitrogens with two attached hydrogens (primary N) is 1. The van der Waals surface area contributed by atoms with Crippen LogP contribution in [0.4, 0.5) is 10.7 Å². The molecule has 8 heteroatoms. The Hall–Kier alpha value is -1.28. The molecule has 0 spiro atoms. The topological polar surface area (TPSA) is 101 Å². The Morgan fingerprint density at radius 1 is 1.45 bits per heavy atom. The van der Waals surface area contributed by atoms with E-state index in [1.165, 1.54) is 0 Å². The lowest BCUT2D eigenvalue weighted by atomic mass is 10.3. The van der Waals surface area contributed by atoms with E-state index in [1.54, 1.807) is 6.92 Å². The van der Waals surface area contributed by atoms with Crippen LogP contribution in [0.1, 0.15) is 29.4 Å². The van der Waals surface area contributed by atoms with Gasteiger partial charge in [-0.2, -0.15) is 0 Å². The van der Waals surface area contributed by atoms with Crippen molar-refractivity contribution in [1.29, 1.82) is 0 Å². The predicted octanol–water partition coefficient (Wildman–Crippen LogP) is 1.31. The van der Waals surface area contributed by atoms with Gasteiger partial charge in [-0.1, -0.05) is 0 Å². The van der Waals surface area contributed by atoms with Crippen molar-refractivity contribution in [3.8, 4) is 0 Å². The molecule has 0 atom stereocenters. The van der Waals surface area contributed by atoms with E-state index in [0.717, 1.165) is 37.0 Å². The van der Waals surface area contributed by atoms with Crippen LogP contribution in [0.15, 0.2) is 4.90 Å². The number of hydrogen-bond donors (Lipinski definition) is 3. The standard InChI is InChI=1S/C12H19N3O3S2/c1-3-14-11(16)9-8(13)10(20(2,17)18)12(19-9)15-6-7-4-5-7/h7,15H,3-6,13H2,1-2H3,(H,14,16). The van der Waals surface area contributed by atoms with Crippen LogP contribution < -0.4 is 16.4 Å². The molecule has 0 unspecified atom stereocenters. The average molecular weight is 317 g/mol. The second-order valence-corrected chi connectivity index (χ2v) is 7.93. The van der Waals surface area contributed by atoms with Crippen LogP contribution in [0.2, 0.25) is 0 Å². The average Bonchev–Trinajstić information content (AvgIpc) is 3.09. The number of carbonyl (C=O) groups is 1. The highest BCUT2D eigenvalue weighted by molar-refractivity contribution is 7.91. The number of anilines is 2. The summed E-state index contributed by atoms with van der Waals surface area (Å²) < 4.78 is 23.8. The van der Waals surface area contributed by atoms with Gasteiger partial charge in [0.15, 0.2) is 9.84 Å². The highest BCUT2D eigenvalue weighted by Crippen LogP contribution is 2.40. The third-order valence-electron chi connectivity index (χ3n) is 3.06. The van der Waals surface area contributed by atoms with Crippen LogP contribution >= 0.6 is 11.3 Å². The smallest absolute Gasteiger partial charge is 0.263 e. The van der Waals surface area contributed by atoms with Crippen LogP contribution in [-0.2, 0) is 9.84 Å². The van der Waals surface area contributed by atoms with Gasteiger partial charge in [-0.3, -0.25) is 4.79 Å². The summed E-state index contributed by atoms with van der Waals surface area (Å²) in [6.07, 6.45) is 3.42. The number of nitrogen functional groups attached to an aromatic ring is 1. The molecule has 0 bridgehead atoms. The first kappa shape index (κ1) is 15.1. The van der Waals surface area contributed by atoms with Crippen LogP contribution in [0.25, 0.3) is 0 Å². The van der Waals surface area contributed by atoms with E-state index < -0.39 is 9.84 Å². The van der Waals surface area contributed by atoms with Gasteiger partial charge in [-0.05, 0) is 25.7 Å². The summed E-state index contributed by atoms with van der Waals surface area (Å²) in [5.74, 6) is 0.262. The van der Waals surface area contributed by atoms with E-state index >= 15 is 0 Å². The first-order valence-electron chi connectivity index (χ1n) is 6.49. The summed E-state index contributed by atoms with van der Waals surface area (Å²) in [6, 6.07) is 0. The molecule has 2 rings (SSSR count). The lowest BCUT2D eigenvalue weighted by Gasteiger charge is -2.05. The Bertz CT molecular complexity index is 618. The number of thiophene rings is 1. The summed E-state index contributed by atoms with van der Waals surface area (Å²) >= 11 is 1.10. The SMILES string of the molecule is CCNC(=O)c1sc(NCC2CC2)c(S(C)(=O)=O)c1N. The molecular weight excluding hydrogens is 298 g/mol. The maximum atomic E-state index is 11.9. The number of hydrogen-bond acceptors (Lipinski definition) is 6. The van der Waals surface area contributed by atoms with Crippen molar-refractivity contribution in [3.63, 3.8) is 0 Å². The molecule has 1 aliphatic carbocycles. The van der Waals surface area contributed by atoms with Gasteiger partial charge in [0.25, 0.3) is 5.91 Å². The molecule has 4 N–H and O–H groups in total. The van der Waals surface area contributed by atoms with Crippen LogP contribution in [-0.4, -0.2) is 33.7 Å². The molecular formula is C12H19N3O3S2. The summed E-state index contributed by atoms with van der Waals surface area (Å²) in [5, 5.41) is 6.23. The molecule has 1 aliphatic rings. The van der Waals surface area contributed by atoms with Gasteiger partial charge in [0.1, 0.15) is 14.8 Å². The molecule has 1 aromatic heterocycles. The van der Waals surface area contributed by atoms with Gasteiger partial charge in [-0.15, -0.1) is 11.3 Å². The van der Waals surface area contributed by atoms with Crippen LogP contribution in [0.3, 0.4) is 0 Å². The van der Waals surface area contributed by atoms with E-state index in [-0.39, 0.29) is 21.4 Å². The van der Waals surface area contributed by atoms with Crippen molar-refractivity contribution in [2.24, 2.45) is 5.92 Å². The zero-order chi connectivity index (χ0) is 14.9.